The summed E-state index contributed by atoms with van der Waals surface area (Å²) in [7, 11) is 3.47. The molecule has 0 radical (unpaired) electrons. The summed E-state index contributed by atoms with van der Waals surface area (Å²) >= 11 is 18.4. The Hall–Kier alpha value is -1.79. The van der Waals surface area contributed by atoms with E-state index in [1.165, 1.54) is 0 Å². The van der Waals surface area contributed by atoms with Crippen LogP contribution in [0, 0.1) is 5.92 Å². The van der Waals surface area contributed by atoms with E-state index in [9.17, 15) is 9.90 Å². The number of oxime groups is 1. The number of halogens is 3. The predicted octanol–water partition coefficient (Wildman–Crippen LogP) is 5.37. The largest absolute Gasteiger partial charge is 0.385 e. The molecule has 0 aromatic heterocycles. The number of amides is 1. The molecule has 1 heterocycles. The van der Waals surface area contributed by atoms with E-state index >= 15 is 0 Å². The first kappa shape index (κ1) is 22.4. The lowest BCUT2D eigenvalue weighted by Gasteiger charge is -2.44. The summed E-state index contributed by atoms with van der Waals surface area (Å²) in [4.78, 5) is 19.4. The van der Waals surface area contributed by atoms with Crippen molar-refractivity contribution in [1.29, 1.82) is 0 Å². The standard InChI is InChI=1S/C23H23Cl3N2O3/c1-22(16-8-17(24)20(26)18(25)9-16)12-19(27-31-22)13-4-6-15(7-5-13)23(30)10-14(11-23)21(29)28(2)3/h4-9,14,30H,10-12H2,1-3H3. The molecule has 1 saturated carbocycles. The predicted molar refractivity (Wildman–Crippen MR) is 123 cm³/mol. The monoisotopic (exact) mass is 480 g/mol. The first-order valence-corrected chi connectivity index (χ1v) is 11.1. The molecular formula is C23H23Cl3N2O3. The van der Waals surface area contributed by atoms with Crippen LogP contribution in [0.2, 0.25) is 15.1 Å². The Bertz CT molecular complexity index is 1040. The quantitative estimate of drug-likeness (QED) is 0.597. The Labute approximate surface area is 196 Å². The number of aliphatic hydroxyl groups is 1. The number of benzene rings is 2. The minimum atomic E-state index is -0.964. The summed E-state index contributed by atoms with van der Waals surface area (Å²) in [6.45, 7) is 1.92. The average molecular weight is 482 g/mol. The third kappa shape index (κ3) is 4.05. The molecule has 1 aliphatic carbocycles. The fraction of sp³-hybridized carbons (Fsp3) is 0.391. The van der Waals surface area contributed by atoms with Crippen LogP contribution in [-0.4, -0.2) is 35.7 Å². The summed E-state index contributed by atoms with van der Waals surface area (Å²) in [6.07, 6.45) is 1.40. The third-order valence-electron chi connectivity index (χ3n) is 6.17. The van der Waals surface area contributed by atoms with Gasteiger partial charge in [0.2, 0.25) is 5.91 Å². The van der Waals surface area contributed by atoms with Crippen molar-refractivity contribution in [1.82, 2.24) is 4.90 Å². The number of carbonyl (C=O) groups is 1. The second-order valence-corrected chi connectivity index (χ2v) is 9.93. The molecule has 5 nitrogen and oxygen atoms in total. The maximum absolute atomic E-state index is 12.1. The second kappa shape index (κ2) is 7.96. The van der Waals surface area contributed by atoms with Gasteiger partial charge in [0.1, 0.15) is 0 Å². The SMILES string of the molecule is CN(C)C(=O)C1CC(O)(c2ccc(C3=NOC(C)(c4cc(Cl)c(Cl)c(Cl)c4)C3)cc2)C1. The van der Waals surface area contributed by atoms with Crippen molar-refractivity contribution in [2.45, 2.75) is 37.4 Å². The molecule has 1 aliphatic heterocycles. The number of hydrogen-bond acceptors (Lipinski definition) is 4. The van der Waals surface area contributed by atoms with Gasteiger partial charge in [-0.3, -0.25) is 4.79 Å². The lowest BCUT2D eigenvalue weighted by atomic mass is 9.67. The van der Waals surface area contributed by atoms with Gasteiger partial charge in [0.05, 0.1) is 26.4 Å². The maximum atomic E-state index is 12.1. The van der Waals surface area contributed by atoms with E-state index in [-0.39, 0.29) is 11.8 Å². The number of rotatable bonds is 4. The van der Waals surface area contributed by atoms with Gasteiger partial charge in [-0.25, -0.2) is 0 Å². The van der Waals surface area contributed by atoms with Crippen LogP contribution in [0.25, 0.3) is 0 Å². The highest BCUT2D eigenvalue weighted by atomic mass is 35.5. The number of hydrogen-bond donors (Lipinski definition) is 1. The zero-order valence-electron chi connectivity index (χ0n) is 17.5. The second-order valence-electron chi connectivity index (χ2n) is 8.74. The minimum absolute atomic E-state index is 0.0560. The van der Waals surface area contributed by atoms with Gasteiger partial charge in [-0.05, 0) is 43.0 Å². The normalized spacial score (nSPS) is 27.3. The molecule has 0 bridgehead atoms. The fourth-order valence-corrected chi connectivity index (χ4v) is 4.81. The van der Waals surface area contributed by atoms with E-state index in [4.69, 9.17) is 39.6 Å². The molecule has 1 fully saturated rings. The Balaban J connectivity index is 1.47. The highest BCUT2D eigenvalue weighted by Crippen LogP contribution is 2.46. The summed E-state index contributed by atoms with van der Waals surface area (Å²) in [5.41, 5.74) is 1.62. The van der Waals surface area contributed by atoms with Gasteiger partial charge < -0.3 is 14.8 Å². The van der Waals surface area contributed by atoms with Gasteiger partial charge >= 0.3 is 0 Å². The number of carbonyl (C=O) groups excluding carboxylic acids is 1. The molecule has 0 saturated heterocycles. The highest BCUT2D eigenvalue weighted by molar-refractivity contribution is 6.48. The van der Waals surface area contributed by atoms with Crippen LogP contribution >= 0.6 is 34.8 Å². The third-order valence-corrected chi connectivity index (χ3v) is 7.37. The van der Waals surface area contributed by atoms with Crippen molar-refractivity contribution < 1.29 is 14.7 Å². The van der Waals surface area contributed by atoms with Gasteiger partial charge in [-0.2, -0.15) is 0 Å². The minimum Gasteiger partial charge on any atom is -0.385 e. The molecule has 1 unspecified atom stereocenters. The van der Waals surface area contributed by atoms with Crippen LogP contribution in [0.1, 0.15) is 42.9 Å². The first-order chi connectivity index (χ1) is 14.5. The smallest absolute Gasteiger partial charge is 0.225 e. The fourth-order valence-electron chi connectivity index (χ4n) is 4.21. The Morgan fingerprint density at radius 2 is 1.68 bits per heavy atom. The van der Waals surface area contributed by atoms with E-state index in [0.717, 1.165) is 22.4 Å². The molecule has 4 rings (SSSR count). The molecule has 0 spiro atoms. The summed E-state index contributed by atoms with van der Waals surface area (Å²) in [5, 5.41) is 16.2. The molecule has 164 valence electrons. The van der Waals surface area contributed by atoms with Crippen LogP contribution in [0.3, 0.4) is 0 Å². The lowest BCUT2D eigenvalue weighted by Crippen LogP contribution is -2.47. The van der Waals surface area contributed by atoms with Crippen LogP contribution in [0.15, 0.2) is 41.6 Å². The van der Waals surface area contributed by atoms with Crippen LogP contribution < -0.4 is 0 Å². The van der Waals surface area contributed by atoms with Crippen LogP contribution in [0.5, 0.6) is 0 Å². The lowest BCUT2D eigenvalue weighted by molar-refractivity contribution is -0.150. The van der Waals surface area contributed by atoms with E-state index in [0.29, 0.717) is 34.3 Å². The van der Waals surface area contributed by atoms with E-state index in [1.807, 2.05) is 31.2 Å². The van der Waals surface area contributed by atoms with Crippen molar-refractivity contribution in [3.05, 3.63) is 68.2 Å². The summed E-state index contributed by atoms with van der Waals surface area (Å²) in [5.74, 6) is -0.0773. The van der Waals surface area contributed by atoms with E-state index < -0.39 is 11.2 Å². The van der Waals surface area contributed by atoms with Gasteiger partial charge in [-0.1, -0.05) is 64.2 Å². The van der Waals surface area contributed by atoms with Crippen LogP contribution in [-0.2, 0) is 20.8 Å². The van der Waals surface area contributed by atoms with Crippen molar-refractivity contribution >= 4 is 46.4 Å². The molecule has 1 atom stereocenters. The Morgan fingerprint density at radius 3 is 2.23 bits per heavy atom. The molecule has 8 heteroatoms. The maximum Gasteiger partial charge on any atom is 0.225 e. The van der Waals surface area contributed by atoms with Crippen LogP contribution in [0.4, 0.5) is 0 Å². The van der Waals surface area contributed by atoms with Gasteiger partial charge in [0, 0.05) is 32.0 Å². The summed E-state index contributed by atoms with van der Waals surface area (Å²) in [6, 6.07) is 11.1. The van der Waals surface area contributed by atoms with E-state index in [1.54, 1.807) is 31.1 Å². The molecule has 2 aliphatic rings. The van der Waals surface area contributed by atoms with Gasteiger partial charge in [0.15, 0.2) is 5.60 Å². The topological polar surface area (TPSA) is 62.1 Å². The number of nitrogens with zero attached hydrogens (tertiary/aromatic N) is 2. The zero-order valence-corrected chi connectivity index (χ0v) is 19.7. The highest BCUT2D eigenvalue weighted by Gasteiger charge is 2.47. The van der Waals surface area contributed by atoms with Crippen molar-refractivity contribution in [2.75, 3.05) is 14.1 Å². The van der Waals surface area contributed by atoms with Crippen molar-refractivity contribution in [3.8, 4) is 0 Å². The molecule has 1 amide bonds. The average Bonchev–Trinajstić information content (AvgIpc) is 3.12. The molecule has 1 N–H and O–H groups in total. The van der Waals surface area contributed by atoms with Gasteiger partial charge in [0.25, 0.3) is 0 Å². The molecule has 2 aromatic rings. The van der Waals surface area contributed by atoms with Gasteiger partial charge in [-0.15, -0.1) is 0 Å². The van der Waals surface area contributed by atoms with Crippen molar-refractivity contribution in [2.24, 2.45) is 11.1 Å². The molecular weight excluding hydrogens is 459 g/mol. The Morgan fingerprint density at radius 1 is 1.10 bits per heavy atom. The zero-order chi connectivity index (χ0) is 22.6. The van der Waals surface area contributed by atoms with E-state index in [2.05, 4.69) is 5.16 Å². The summed E-state index contributed by atoms with van der Waals surface area (Å²) < 4.78 is 0. The Kier molecular flexibility index (Phi) is 5.76. The molecule has 31 heavy (non-hydrogen) atoms. The van der Waals surface area contributed by atoms with Crippen molar-refractivity contribution in [3.63, 3.8) is 0 Å². The molecule has 2 aromatic carbocycles. The first-order valence-electron chi connectivity index (χ1n) is 9.97.